The molecule has 4 heteroatoms. The first-order chi connectivity index (χ1) is 8.63. The van der Waals surface area contributed by atoms with E-state index >= 15 is 0 Å². The summed E-state index contributed by atoms with van der Waals surface area (Å²) in [4.78, 5) is 13.9. The van der Waals surface area contributed by atoms with Gasteiger partial charge in [-0.25, -0.2) is 4.79 Å². The zero-order valence-electron chi connectivity index (χ0n) is 11.3. The Morgan fingerprint density at radius 1 is 1.39 bits per heavy atom. The molecule has 2 N–H and O–H groups in total. The number of carbonyl (C=O) groups is 1. The summed E-state index contributed by atoms with van der Waals surface area (Å²) in [5.74, 6) is 0. The molecular formula is C14H21N3O. The third kappa shape index (κ3) is 2.48. The zero-order valence-corrected chi connectivity index (χ0v) is 11.3. The number of benzene rings is 1. The number of nitrogens with one attached hydrogen (secondary N) is 2. The van der Waals surface area contributed by atoms with E-state index in [1.807, 2.05) is 18.0 Å². The van der Waals surface area contributed by atoms with Crippen LogP contribution in [0.3, 0.4) is 0 Å². The fourth-order valence-corrected chi connectivity index (χ4v) is 2.51. The number of nitrogens with zero attached hydrogens (tertiary/aromatic N) is 1. The number of carbonyl (C=O) groups excluding carboxylic acids is 1. The summed E-state index contributed by atoms with van der Waals surface area (Å²) in [6.07, 6.45) is 0.962. The molecule has 4 nitrogen and oxygen atoms in total. The molecule has 1 aliphatic heterocycles. The SMILES string of the molecule is CNCCC1CN(c2c(C)cccc2C)C(=O)N1. The Labute approximate surface area is 108 Å². The summed E-state index contributed by atoms with van der Waals surface area (Å²) in [5, 5.41) is 6.16. The molecule has 0 radical (unpaired) electrons. The van der Waals surface area contributed by atoms with E-state index in [2.05, 4.69) is 36.6 Å². The quantitative estimate of drug-likeness (QED) is 0.852. The molecule has 0 aromatic heterocycles. The first kappa shape index (κ1) is 12.9. The number of amides is 2. The largest absolute Gasteiger partial charge is 0.333 e. The van der Waals surface area contributed by atoms with Gasteiger partial charge in [-0.2, -0.15) is 0 Å². The second-order valence-electron chi connectivity index (χ2n) is 4.89. The van der Waals surface area contributed by atoms with Crippen LogP contribution < -0.4 is 15.5 Å². The lowest BCUT2D eigenvalue weighted by Crippen LogP contribution is -2.30. The van der Waals surface area contributed by atoms with Gasteiger partial charge in [-0.1, -0.05) is 18.2 Å². The van der Waals surface area contributed by atoms with Crippen LogP contribution in [0, 0.1) is 13.8 Å². The summed E-state index contributed by atoms with van der Waals surface area (Å²) in [6, 6.07) is 6.39. The Balaban J connectivity index is 2.17. The van der Waals surface area contributed by atoms with Crippen LogP contribution in [0.25, 0.3) is 0 Å². The van der Waals surface area contributed by atoms with Crippen molar-refractivity contribution >= 4 is 11.7 Å². The van der Waals surface area contributed by atoms with Gasteiger partial charge < -0.3 is 10.6 Å². The van der Waals surface area contributed by atoms with Gasteiger partial charge in [0.25, 0.3) is 0 Å². The van der Waals surface area contributed by atoms with Gasteiger partial charge in [0, 0.05) is 12.6 Å². The van der Waals surface area contributed by atoms with E-state index in [0.717, 1.165) is 36.3 Å². The molecule has 98 valence electrons. The number of rotatable bonds is 4. The minimum Gasteiger partial charge on any atom is -0.333 e. The van der Waals surface area contributed by atoms with Crippen molar-refractivity contribution in [3.8, 4) is 0 Å². The highest BCUT2D eigenvalue weighted by molar-refractivity contribution is 5.96. The molecule has 1 atom stereocenters. The zero-order chi connectivity index (χ0) is 13.1. The van der Waals surface area contributed by atoms with Crippen molar-refractivity contribution in [3.63, 3.8) is 0 Å². The van der Waals surface area contributed by atoms with E-state index in [0.29, 0.717) is 0 Å². The van der Waals surface area contributed by atoms with E-state index in [1.54, 1.807) is 0 Å². The lowest BCUT2D eigenvalue weighted by atomic mass is 10.1. The van der Waals surface area contributed by atoms with Crippen molar-refractivity contribution in [1.82, 2.24) is 10.6 Å². The molecule has 1 saturated heterocycles. The summed E-state index contributed by atoms with van der Waals surface area (Å²) < 4.78 is 0. The first-order valence-corrected chi connectivity index (χ1v) is 6.42. The molecule has 0 spiro atoms. The molecule has 2 rings (SSSR count). The Hall–Kier alpha value is -1.55. The Bertz CT molecular complexity index is 424. The van der Waals surface area contributed by atoms with Crippen molar-refractivity contribution in [2.75, 3.05) is 25.0 Å². The fraction of sp³-hybridized carbons (Fsp3) is 0.500. The highest BCUT2D eigenvalue weighted by Gasteiger charge is 2.30. The molecule has 2 amide bonds. The number of para-hydroxylation sites is 1. The maximum Gasteiger partial charge on any atom is 0.322 e. The van der Waals surface area contributed by atoms with Gasteiger partial charge in [-0.15, -0.1) is 0 Å². The molecule has 1 aromatic carbocycles. The normalized spacial score (nSPS) is 19.2. The number of aryl methyl sites for hydroxylation is 2. The molecular weight excluding hydrogens is 226 g/mol. The number of hydrogen-bond acceptors (Lipinski definition) is 2. The van der Waals surface area contributed by atoms with E-state index < -0.39 is 0 Å². The van der Waals surface area contributed by atoms with Crippen LogP contribution in [-0.4, -0.2) is 32.2 Å². The monoisotopic (exact) mass is 247 g/mol. The van der Waals surface area contributed by atoms with Crippen molar-refractivity contribution in [2.24, 2.45) is 0 Å². The average molecular weight is 247 g/mol. The standard InChI is InChI=1S/C14H21N3O/c1-10-5-4-6-11(2)13(10)17-9-12(7-8-15-3)16-14(17)18/h4-6,12,15H,7-9H2,1-3H3,(H,16,18). The maximum atomic E-state index is 12.0. The van der Waals surface area contributed by atoms with Crippen molar-refractivity contribution in [3.05, 3.63) is 29.3 Å². The molecule has 1 unspecified atom stereocenters. The predicted molar refractivity (Wildman–Crippen MR) is 74.1 cm³/mol. The van der Waals surface area contributed by atoms with Gasteiger partial charge in [0.2, 0.25) is 0 Å². The highest BCUT2D eigenvalue weighted by atomic mass is 16.2. The Morgan fingerprint density at radius 3 is 2.67 bits per heavy atom. The van der Waals surface area contributed by atoms with Gasteiger partial charge in [-0.05, 0) is 45.0 Å². The molecule has 1 aromatic rings. The maximum absolute atomic E-state index is 12.0. The first-order valence-electron chi connectivity index (χ1n) is 6.42. The summed E-state index contributed by atoms with van der Waals surface area (Å²) in [7, 11) is 1.93. The molecule has 1 fully saturated rings. The van der Waals surface area contributed by atoms with E-state index in [1.165, 1.54) is 0 Å². The molecule has 18 heavy (non-hydrogen) atoms. The smallest absolute Gasteiger partial charge is 0.322 e. The van der Waals surface area contributed by atoms with Crippen LogP contribution in [0.4, 0.5) is 10.5 Å². The third-order valence-electron chi connectivity index (χ3n) is 3.43. The van der Waals surface area contributed by atoms with E-state index in [-0.39, 0.29) is 12.1 Å². The molecule has 0 saturated carbocycles. The number of anilines is 1. The second kappa shape index (κ2) is 5.40. The minimum absolute atomic E-state index is 0.0218. The van der Waals surface area contributed by atoms with Crippen LogP contribution in [0.5, 0.6) is 0 Å². The van der Waals surface area contributed by atoms with Crippen LogP contribution in [0.2, 0.25) is 0 Å². The van der Waals surface area contributed by atoms with E-state index in [9.17, 15) is 4.79 Å². The Kier molecular flexibility index (Phi) is 3.87. The van der Waals surface area contributed by atoms with Gasteiger partial charge in [0.15, 0.2) is 0 Å². The lowest BCUT2D eigenvalue weighted by molar-refractivity contribution is 0.250. The Morgan fingerprint density at radius 2 is 2.06 bits per heavy atom. The number of urea groups is 1. The molecule has 1 aliphatic rings. The van der Waals surface area contributed by atoms with Gasteiger partial charge >= 0.3 is 6.03 Å². The molecule has 0 bridgehead atoms. The van der Waals surface area contributed by atoms with E-state index in [4.69, 9.17) is 0 Å². The number of hydrogen-bond donors (Lipinski definition) is 2. The average Bonchev–Trinajstić information content (AvgIpc) is 2.68. The molecule has 1 heterocycles. The summed E-state index contributed by atoms with van der Waals surface area (Å²) >= 11 is 0. The van der Waals surface area contributed by atoms with Crippen LogP contribution >= 0.6 is 0 Å². The minimum atomic E-state index is 0.0218. The topological polar surface area (TPSA) is 44.4 Å². The summed E-state index contributed by atoms with van der Waals surface area (Å²) in [5.41, 5.74) is 3.36. The highest BCUT2D eigenvalue weighted by Crippen LogP contribution is 2.27. The third-order valence-corrected chi connectivity index (χ3v) is 3.43. The molecule has 0 aliphatic carbocycles. The van der Waals surface area contributed by atoms with Crippen LogP contribution in [-0.2, 0) is 0 Å². The van der Waals surface area contributed by atoms with Gasteiger partial charge in [0.05, 0.1) is 5.69 Å². The van der Waals surface area contributed by atoms with Gasteiger partial charge in [0.1, 0.15) is 0 Å². The van der Waals surface area contributed by atoms with Crippen LogP contribution in [0.15, 0.2) is 18.2 Å². The summed E-state index contributed by atoms with van der Waals surface area (Å²) in [6.45, 7) is 5.78. The lowest BCUT2D eigenvalue weighted by Gasteiger charge is -2.19. The van der Waals surface area contributed by atoms with Gasteiger partial charge in [-0.3, -0.25) is 4.90 Å². The van der Waals surface area contributed by atoms with Crippen molar-refractivity contribution in [2.45, 2.75) is 26.3 Å². The van der Waals surface area contributed by atoms with Crippen LogP contribution in [0.1, 0.15) is 17.5 Å². The van der Waals surface area contributed by atoms with Crippen molar-refractivity contribution < 1.29 is 4.79 Å². The predicted octanol–water partition coefficient (Wildman–Crippen LogP) is 1.81. The second-order valence-corrected chi connectivity index (χ2v) is 4.89. The fourth-order valence-electron chi connectivity index (χ4n) is 2.51. The van der Waals surface area contributed by atoms with Crippen molar-refractivity contribution in [1.29, 1.82) is 0 Å².